The van der Waals surface area contributed by atoms with Gasteiger partial charge in [-0.05, 0) is 48.6 Å². The summed E-state index contributed by atoms with van der Waals surface area (Å²) in [5.41, 5.74) is 1.35. The zero-order chi connectivity index (χ0) is 21.2. The monoisotopic (exact) mass is 432 g/mol. The summed E-state index contributed by atoms with van der Waals surface area (Å²) in [5.74, 6) is 0.412. The van der Waals surface area contributed by atoms with Gasteiger partial charge in [0, 0.05) is 22.4 Å². The molecule has 5 rings (SSSR count). The van der Waals surface area contributed by atoms with E-state index in [1.54, 1.807) is 0 Å². The van der Waals surface area contributed by atoms with Crippen molar-refractivity contribution in [3.8, 4) is 5.75 Å². The van der Waals surface area contributed by atoms with Crippen LogP contribution < -0.4 is 4.74 Å². The van der Waals surface area contributed by atoms with E-state index in [-0.39, 0.29) is 17.8 Å². The summed E-state index contributed by atoms with van der Waals surface area (Å²) in [7, 11) is 0. The average Bonchev–Trinajstić information content (AvgIpc) is 3.54. The van der Waals surface area contributed by atoms with Crippen LogP contribution in [0, 0.1) is 5.82 Å². The van der Waals surface area contributed by atoms with Gasteiger partial charge in [-0.3, -0.25) is 4.79 Å². The van der Waals surface area contributed by atoms with Gasteiger partial charge in [-0.25, -0.2) is 9.37 Å². The van der Waals surface area contributed by atoms with E-state index >= 15 is 0 Å². The zero-order valence-corrected chi connectivity index (χ0v) is 17.6. The third kappa shape index (κ3) is 4.44. The lowest BCUT2D eigenvalue weighted by molar-refractivity contribution is 0.0728. The molecule has 0 atom stereocenters. The Labute approximate surface area is 183 Å². The summed E-state index contributed by atoms with van der Waals surface area (Å²) in [5, 5.41) is 5.06. The third-order valence-electron chi connectivity index (χ3n) is 5.37. The van der Waals surface area contributed by atoms with E-state index in [0.29, 0.717) is 18.7 Å². The molecule has 0 unspecified atom stereocenters. The molecule has 6 heteroatoms. The van der Waals surface area contributed by atoms with Crippen LogP contribution in [0.5, 0.6) is 5.75 Å². The topological polar surface area (TPSA) is 42.4 Å². The van der Waals surface area contributed by atoms with Crippen LogP contribution >= 0.6 is 11.3 Å². The van der Waals surface area contributed by atoms with Crippen molar-refractivity contribution in [2.24, 2.45) is 0 Å². The highest BCUT2D eigenvalue weighted by molar-refractivity contribution is 7.09. The number of nitrogens with zero attached hydrogens (tertiary/aromatic N) is 2. The maximum absolute atomic E-state index is 13.2. The number of rotatable bonds is 7. The number of amides is 1. The van der Waals surface area contributed by atoms with Gasteiger partial charge in [0.1, 0.15) is 23.2 Å². The van der Waals surface area contributed by atoms with E-state index in [9.17, 15) is 9.18 Å². The maximum Gasteiger partial charge on any atom is 0.254 e. The number of carbonyl (C=O) groups excluding carboxylic acids is 1. The van der Waals surface area contributed by atoms with E-state index in [1.165, 1.54) is 35.6 Å². The highest BCUT2D eigenvalue weighted by atomic mass is 32.1. The molecular weight excluding hydrogens is 411 g/mol. The number of thiazole rings is 1. The number of hydrogen-bond donors (Lipinski definition) is 0. The van der Waals surface area contributed by atoms with Crippen LogP contribution in [-0.4, -0.2) is 21.8 Å². The van der Waals surface area contributed by atoms with Crippen molar-refractivity contribution in [1.82, 2.24) is 9.88 Å². The standard InChI is InChI=1S/C25H21FN2O2S/c26-19-10-8-18(9-11-19)25(29)28(21-12-13-21)14-20-16-31-24(27-20)15-30-23-7-3-5-17-4-1-2-6-22(17)23/h1-11,16,21H,12-15H2. The van der Waals surface area contributed by atoms with Crippen LogP contribution in [0.2, 0.25) is 0 Å². The Balaban J connectivity index is 1.27. The van der Waals surface area contributed by atoms with Crippen molar-refractivity contribution in [2.75, 3.05) is 0 Å². The van der Waals surface area contributed by atoms with E-state index in [0.717, 1.165) is 40.1 Å². The van der Waals surface area contributed by atoms with Crippen molar-refractivity contribution < 1.29 is 13.9 Å². The van der Waals surface area contributed by atoms with E-state index in [2.05, 4.69) is 17.1 Å². The van der Waals surface area contributed by atoms with Gasteiger partial charge >= 0.3 is 0 Å². The minimum atomic E-state index is -0.343. The molecule has 4 aromatic rings. The summed E-state index contributed by atoms with van der Waals surface area (Å²) in [6, 6.07) is 20.1. The molecule has 0 aliphatic heterocycles. The average molecular weight is 433 g/mol. The molecule has 1 aliphatic rings. The van der Waals surface area contributed by atoms with E-state index in [1.807, 2.05) is 40.6 Å². The molecule has 1 fully saturated rings. The van der Waals surface area contributed by atoms with Crippen molar-refractivity contribution >= 4 is 28.0 Å². The highest BCUT2D eigenvalue weighted by Crippen LogP contribution is 2.31. The second-order valence-corrected chi connectivity index (χ2v) is 8.61. The number of fused-ring (bicyclic) bond motifs is 1. The predicted octanol–water partition coefficient (Wildman–Crippen LogP) is 5.82. The molecule has 1 aliphatic carbocycles. The van der Waals surface area contributed by atoms with Gasteiger partial charge in [0.2, 0.25) is 0 Å². The van der Waals surface area contributed by atoms with Crippen LogP contribution in [0.15, 0.2) is 72.1 Å². The molecule has 0 bridgehead atoms. The third-order valence-corrected chi connectivity index (χ3v) is 6.24. The molecule has 0 saturated heterocycles. The molecule has 4 nitrogen and oxygen atoms in total. The first-order chi connectivity index (χ1) is 15.2. The van der Waals surface area contributed by atoms with Crippen molar-refractivity contribution in [2.45, 2.75) is 32.0 Å². The van der Waals surface area contributed by atoms with Gasteiger partial charge in [-0.15, -0.1) is 11.3 Å². The fourth-order valence-electron chi connectivity index (χ4n) is 3.63. The van der Waals surface area contributed by atoms with Gasteiger partial charge in [-0.1, -0.05) is 36.4 Å². The minimum absolute atomic E-state index is 0.0796. The van der Waals surface area contributed by atoms with Crippen LogP contribution in [0.25, 0.3) is 10.8 Å². The Bertz CT molecular complexity index is 1210. The Morgan fingerprint density at radius 1 is 1.06 bits per heavy atom. The molecule has 1 amide bonds. The van der Waals surface area contributed by atoms with Gasteiger partial charge < -0.3 is 9.64 Å². The molecule has 3 aromatic carbocycles. The normalized spacial score (nSPS) is 13.3. The summed E-state index contributed by atoms with van der Waals surface area (Å²) in [6.07, 6.45) is 1.99. The Hall–Kier alpha value is -3.25. The number of aromatic nitrogens is 1. The van der Waals surface area contributed by atoms with Gasteiger partial charge in [0.15, 0.2) is 0 Å². The van der Waals surface area contributed by atoms with Gasteiger partial charge in [-0.2, -0.15) is 0 Å². The SMILES string of the molecule is O=C(c1ccc(F)cc1)N(Cc1csc(COc2cccc3ccccc23)n1)C1CC1. The number of benzene rings is 3. The second-order valence-electron chi connectivity index (χ2n) is 7.67. The lowest BCUT2D eigenvalue weighted by Crippen LogP contribution is -2.32. The first-order valence-corrected chi connectivity index (χ1v) is 11.2. The largest absolute Gasteiger partial charge is 0.486 e. The first-order valence-electron chi connectivity index (χ1n) is 10.3. The van der Waals surface area contributed by atoms with Crippen LogP contribution in [-0.2, 0) is 13.2 Å². The first kappa shape index (κ1) is 19.7. The summed E-state index contributed by atoms with van der Waals surface area (Å²) >= 11 is 1.53. The highest BCUT2D eigenvalue weighted by Gasteiger charge is 2.33. The lowest BCUT2D eigenvalue weighted by atomic mass is 10.1. The van der Waals surface area contributed by atoms with Crippen molar-refractivity contribution in [3.05, 3.63) is 94.2 Å². The number of hydrogen-bond acceptors (Lipinski definition) is 4. The van der Waals surface area contributed by atoms with Gasteiger partial charge in [0.25, 0.3) is 5.91 Å². The van der Waals surface area contributed by atoms with Crippen LogP contribution in [0.4, 0.5) is 4.39 Å². The number of ether oxygens (including phenoxy) is 1. The maximum atomic E-state index is 13.2. The molecule has 0 N–H and O–H groups in total. The summed E-state index contributed by atoms with van der Waals surface area (Å²) in [4.78, 5) is 19.5. The van der Waals surface area contributed by atoms with Crippen molar-refractivity contribution in [1.29, 1.82) is 0 Å². The quantitative estimate of drug-likeness (QED) is 0.370. The molecule has 1 heterocycles. The Morgan fingerprint density at radius 3 is 2.65 bits per heavy atom. The minimum Gasteiger partial charge on any atom is -0.486 e. The van der Waals surface area contributed by atoms with E-state index in [4.69, 9.17) is 4.74 Å². The molecule has 1 saturated carbocycles. The summed E-state index contributed by atoms with van der Waals surface area (Å²) < 4.78 is 19.3. The fourth-order valence-corrected chi connectivity index (χ4v) is 4.33. The van der Waals surface area contributed by atoms with Crippen molar-refractivity contribution in [3.63, 3.8) is 0 Å². The Morgan fingerprint density at radius 2 is 1.84 bits per heavy atom. The summed E-state index contributed by atoms with van der Waals surface area (Å²) in [6.45, 7) is 0.833. The molecule has 0 radical (unpaired) electrons. The van der Waals surface area contributed by atoms with E-state index < -0.39 is 0 Å². The van der Waals surface area contributed by atoms with Gasteiger partial charge in [0.05, 0.1) is 12.2 Å². The smallest absolute Gasteiger partial charge is 0.254 e. The lowest BCUT2D eigenvalue weighted by Gasteiger charge is -2.21. The predicted molar refractivity (Wildman–Crippen MR) is 120 cm³/mol. The molecular formula is C25H21FN2O2S. The second kappa shape index (κ2) is 8.47. The molecule has 156 valence electrons. The Kier molecular flexibility index (Phi) is 5.38. The molecule has 0 spiro atoms. The van der Waals surface area contributed by atoms with Crippen LogP contribution in [0.3, 0.4) is 0 Å². The zero-order valence-electron chi connectivity index (χ0n) is 16.8. The fraction of sp³-hybridized carbons (Fsp3) is 0.200. The number of halogens is 1. The number of carbonyl (C=O) groups is 1. The van der Waals surface area contributed by atoms with Crippen LogP contribution in [0.1, 0.15) is 33.9 Å². The molecule has 1 aromatic heterocycles. The molecule has 31 heavy (non-hydrogen) atoms.